The molecule has 2 unspecified atom stereocenters. The summed E-state index contributed by atoms with van der Waals surface area (Å²) in [6.45, 7) is 9.40. The molecule has 0 amide bonds. The number of ether oxygens (including phenoxy) is 1. The number of nitrogens with zero attached hydrogens (tertiary/aromatic N) is 1. The molecule has 0 aliphatic heterocycles. The van der Waals surface area contributed by atoms with Crippen LogP contribution < -0.4 is 5.73 Å². The lowest BCUT2D eigenvalue weighted by atomic mass is 9.97. The van der Waals surface area contributed by atoms with Crippen LogP contribution in [-0.2, 0) is 9.53 Å². The Hall–Kier alpha value is -0.610. The molecular formula is C14H30N2O2. The summed E-state index contributed by atoms with van der Waals surface area (Å²) >= 11 is 0. The van der Waals surface area contributed by atoms with Crippen molar-refractivity contribution >= 4 is 5.97 Å². The van der Waals surface area contributed by atoms with E-state index < -0.39 is 5.54 Å². The molecule has 0 rings (SSSR count). The quantitative estimate of drug-likeness (QED) is 0.677. The first-order valence-corrected chi connectivity index (χ1v) is 6.78. The molecule has 0 saturated carbocycles. The van der Waals surface area contributed by atoms with Crippen molar-refractivity contribution in [1.82, 2.24) is 4.90 Å². The van der Waals surface area contributed by atoms with E-state index in [4.69, 9.17) is 10.5 Å². The van der Waals surface area contributed by atoms with E-state index in [1.54, 1.807) is 6.92 Å². The summed E-state index contributed by atoms with van der Waals surface area (Å²) in [5.41, 5.74) is 5.06. The lowest BCUT2D eigenvalue weighted by Gasteiger charge is -2.28. The third kappa shape index (κ3) is 6.36. The second kappa shape index (κ2) is 7.74. The van der Waals surface area contributed by atoms with Gasteiger partial charge in [-0.2, -0.15) is 0 Å². The molecular weight excluding hydrogens is 228 g/mol. The van der Waals surface area contributed by atoms with Crippen molar-refractivity contribution in [2.24, 2.45) is 11.7 Å². The SMILES string of the molecule is COC(=O)C(C)(N)CCCN(C)C(C)CC(C)C. The van der Waals surface area contributed by atoms with E-state index in [1.165, 1.54) is 13.5 Å². The topological polar surface area (TPSA) is 55.6 Å². The molecule has 0 saturated heterocycles. The zero-order valence-electron chi connectivity index (χ0n) is 12.8. The van der Waals surface area contributed by atoms with Crippen molar-refractivity contribution in [2.75, 3.05) is 20.7 Å². The van der Waals surface area contributed by atoms with Gasteiger partial charge in [-0.15, -0.1) is 0 Å². The van der Waals surface area contributed by atoms with Crippen LogP contribution in [0.15, 0.2) is 0 Å². The monoisotopic (exact) mass is 258 g/mol. The van der Waals surface area contributed by atoms with Crippen LogP contribution in [0.5, 0.6) is 0 Å². The number of hydrogen-bond acceptors (Lipinski definition) is 4. The zero-order valence-corrected chi connectivity index (χ0v) is 12.8. The molecule has 108 valence electrons. The number of esters is 1. The molecule has 0 bridgehead atoms. The first-order valence-electron chi connectivity index (χ1n) is 6.78. The summed E-state index contributed by atoms with van der Waals surface area (Å²) in [6, 6.07) is 0.562. The molecule has 0 fully saturated rings. The Labute approximate surface area is 112 Å². The van der Waals surface area contributed by atoms with Gasteiger partial charge in [0.15, 0.2) is 0 Å². The molecule has 0 spiro atoms. The summed E-state index contributed by atoms with van der Waals surface area (Å²) in [5.74, 6) is 0.373. The molecule has 2 atom stereocenters. The molecule has 18 heavy (non-hydrogen) atoms. The summed E-state index contributed by atoms with van der Waals surface area (Å²) in [6.07, 6.45) is 2.74. The minimum atomic E-state index is -0.864. The smallest absolute Gasteiger partial charge is 0.325 e. The number of hydrogen-bond donors (Lipinski definition) is 1. The van der Waals surface area contributed by atoms with E-state index in [1.807, 2.05) is 0 Å². The second-order valence-corrected chi connectivity index (χ2v) is 5.97. The van der Waals surface area contributed by atoms with Gasteiger partial charge in [0.2, 0.25) is 0 Å². The highest BCUT2D eigenvalue weighted by atomic mass is 16.5. The maximum Gasteiger partial charge on any atom is 0.325 e. The molecule has 0 radical (unpaired) electrons. The molecule has 2 N–H and O–H groups in total. The zero-order chi connectivity index (χ0) is 14.3. The fourth-order valence-corrected chi connectivity index (χ4v) is 2.11. The van der Waals surface area contributed by atoms with Gasteiger partial charge in [-0.1, -0.05) is 13.8 Å². The fourth-order valence-electron chi connectivity index (χ4n) is 2.11. The Morgan fingerprint density at radius 1 is 1.39 bits per heavy atom. The van der Waals surface area contributed by atoms with Gasteiger partial charge in [0.1, 0.15) is 5.54 Å². The van der Waals surface area contributed by atoms with Crippen LogP contribution in [0, 0.1) is 5.92 Å². The standard InChI is InChI=1S/C14H30N2O2/c1-11(2)10-12(3)16(5)9-7-8-14(4,15)13(17)18-6/h11-12H,7-10,15H2,1-6H3. The number of nitrogens with two attached hydrogens (primary N) is 1. The van der Waals surface area contributed by atoms with E-state index >= 15 is 0 Å². The number of methoxy groups -OCH3 is 1. The minimum absolute atomic E-state index is 0.333. The molecule has 0 aromatic rings. The maximum absolute atomic E-state index is 11.4. The van der Waals surface area contributed by atoms with Crippen molar-refractivity contribution in [3.63, 3.8) is 0 Å². The Kier molecular flexibility index (Phi) is 7.48. The second-order valence-electron chi connectivity index (χ2n) is 5.97. The van der Waals surface area contributed by atoms with Gasteiger partial charge in [0.05, 0.1) is 7.11 Å². The molecule has 0 aromatic heterocycles. The molecule has 0 heterocycles. The summed E-state index contributed by atoms with van der Waals surface area (Å²) in [5, 5.41) is 0. The summed E-state index contributed by atoms with van der Waals surface area (Å²) < 4.78 is 4.70. The predicted octanol–water partition coefficient (Wildman–Crippen LogP) is 2.02. The van der Waals surface area contributed by atoms with Crippen molar-refractivity contribution in [1.29, 1.82) is 0 Å². The van der Waals surface area contributed by atoms with Crippen LogP contribution in [0.25, 0.3) is 0 Å². The first kappa shape index (κ1) is 17.4. The maximum atomic E-state index is 11.4. The van der Waals surface area contributed by atoms with Crippen molar-refractivity contribution < 1.29 is 9.53 Å². The normalized spacial score (nSPS) is 16.7. The highest BCUT2D eigenvalue weighted by Crippen LogP contribution is 2.14. The Bertz CT molecular complexity index is 252. The van der Waals surface area contributed by atoms with Crippen LogP contribution in [0.2, 0.25) is 0 Å². The van der Waals surface area contributed by atoms with Gasteiger partial charge in [-0.25, -0.2) is 0 Å². The number of carbonyl (C=O) groups is 1. The van der Waals surface area contributed by atoms with Gasteiger partial charge in [-0.05, 0) is 52.6 Å². The van der Waals surface area contributed by atoms with Crippen LogP contribution in [0.4, 0.5) is 0 Å². The van der Waals surface area contributed by atoms with Crippen LogP contribution in [0.3, 0.4) is 0 Å². The highest BCUT2D eigenvalue weighted by molar-refractivity contribution is 5.79. The predicted molar refractivity (Wildman–Crippen MR) is 75.4 cm³/mol. The third-order valence-corrected chi connectivity index (χ3v) is 3.42. The van der Waals surface area contributed by atoms with Gasteiger partial charge in [-0.3, -0.25) is 4.79 Å². The van der Waals surface area contributed by atoms with Gasteiger partial charge in [0, 0.05) is 6.04 Å². The Morgan fingerprint density at radius 2 is 1.94 bits per heavy atom. The van der Waals surface area contributed by atoms with Crippen LogP contribution >= 0.6 is 0 Å². The average molecular weight is 258 g/mol. The largest absolute Gasteiger partial charge is 0.468 e. The van der Waals surface area contributed by atoms with Gasteiger partial charge < -0.3 is 15.4 Å². The lowest BCUT2D eigenvalue weighted by Crippen LogP contribution is -2.46. The lowest BCUT2D eigenvalue weighted by molar-refractivity contribution is -0.146. The summed E-state index contributed by atoms with van der Waals surface area (Å²) in [7, 11) is 3.50. The number of carbonyl (C=O) groups excluding carboxylic acids is 1. The van der Waals surface area contributed by atoms with Crippen LogP contribution in [-0.4, -0.2) is 43.2 Å². The Morgan fingerprint density at radius 3 is 2.39 bits per heavy atom. The molecule has 0 aliphatic carbocycles. The van der Waals surface area contributed by atoms with E-state index in [2.05, 4.69) is 32.7 Å². The molecule has 4 heteroatoms. The van der Waals surface area contributed by atoms with Crippen molar-refractivity contribution in [2.45, 2.75) is 58.5 Å². The Balaban J connectivity index is 4.00. The van der Waals surface area contributed by atoms with Gasteiger partial charge in [0.25, 0.3) is 0 Å². The fraction of sp³-hybridized carbons (Fsp3) is 0.929. The van der Waals surface area contributed by atoms with Crippen molar-refractivity contribution in [3.8, 4) is 0 Å². The minimum Gasteiger partial charge on any atom is -0.468 e. The van der Waals surface area contributed by atoms with E-state index in [0.717, 1.165) is 13.0 Å². The molecule has 0 aliphatic rings. The van der Waals surface area contributed by atoms with E-state index in [0.29, 0.717) is 18.4 Å². The summed E-state index contributed by atoms with van der Waals surface area (Å²) in [4.78, 5) is 13.8. The van der Waals surface area contributed by atoms with Crippen molar-refractivity contribution in [3.05, 3.63) is 0 Å². The van der Waals surface area contributed by atoms with Gasteiger partial charge >= 0.3 is 5.97 Å². The van der Waals surface area contributed by atoms with E-state index in [-0.39, 0.29) is 5.97 Å². The average Bonchev–Trinajstić information content (AvgIpc) is 2.26. The highest BCUT2D eigenvalue weighted by Gasteiger charge is 2.28. The molecule has 4 nitrogen and oxygen atoms in total. The number of rotatable bonds is 8. The van der Waals surface area contributed by atoms with E-state index in [9.17, 15) is 4.79 Å². The van der Waals surface area contributed by atoms with Crippen LogP contribution in [0.1, 0.15) is 47.0 Å². The molecule has 0 aromatic carbocycles. The first-order chi connectivity index (χ1) is 8.20. The third-order valence-electron chi connectivity index (χ3n) is 3.42.